The molecule has 0 radical (unpaired) electrons. The van der Waals surface area contributed by atoms with Crippen LogP contribution >= 0.6 is 0 Å². The van der Waals surface area contributed by atoms with Crippen molar-refractivity contribution >= 4 is 5.91 Å². The molecule has 1 aliphatic carbocycles. The number of hydrazine groups is 1. The minimum absolute atomic E-state index is 0.227. The highest BCUT2D eigenvalue weighted by molar-refractivity contribution is 5.91. The molecule has 0 atom stereocenters. The van der Waals surface area contributed by atoms with E-state index in [1.807, 2.05) is 12.3 Å². The number of aryl methyl sites for hydroxylation is 1. The number of amides is 1. The van der Waals surface area contributed by atoms with Gasteiger partial charge in [0.05, 0.1) is 6.61 Å². The molecule has 0 spiro atoms. The van der Waals surface area contributed by atoms with Crippen molar-refractivity contribution in [3.8, 4) is 0 Å². The molecule has 1 aliphatic rings. The molecular formula is C11H16N2O3. The quantitative estimate of drug-likeness (QED) is 0.446. The maximum absolute atomic E-state index is 11.2. The number of furan rings is 1. The predicted octanol–water partition coefficient (Wildman–Crippen LogP) is 1.12. The van der Waals surface area contributed by atoms with Crippen LogP contribution in [0.2, 0.25) is 0 Å². The van der Waals surface area contributed by atoms with E-state index in [0.29, 0.717) is 12.4 Å². The Kier molecular flexibility index (Phi) is 3.26. The third-order valence-electron chi connectivity index (χ3n) is 2.68. The summed E-state index contributed by atoms with van der Waals surface area (Å²) in [5, 5.41) is 0. The SMILES string of the molecule is Cc1oc(C(=O)NN)cc1COCC1CC1. The molecule has 0 saturated heterocycles. The summed E-state index contributed by atoms with van der Waals surface area (Å²) in [4.78, 5) is 11.2. The molecule has 0 aliphatic heterocycles. The summed E-state index contributed by atoms with van der Waals surface area (Å²) in [6, 6.07) is 1.67. The van der Waals surface area contributed by atoms with Crippen molar-refractivity contribution in [3.05, 3.63) is 23.2 Å². The van der Waals surface area contributed by atoms with E-state index in [1.165, 1.54) is 12.8 Å². The Hall–Kier alpha value is -1.33. The van der Waals surface area contributed by atoms with Crippen LogP contribution in [0.15, 0.2) is 10.5 Å². The summed E-state index contributed by atoms with van der Waals surface area (Å²) in [7, 11) is 0. The molecule has 2 rings (SSSR count). The summed E-state index contributed by atoms with van der Waals surface area (Å²) in [6.07, 6.45) is 2.54. The Morgan fingerprint density at radius 1 is 1.69 bits per heavy atom. The number of carbonyl (C=O) groups excluding carboxylic acids is 1. The monoisotopic (exact) mass is 224 g/mol. The predicted molar refractivity (Wildman–Crippen MR) is 57.5 cm³/mol. The zero-order valence-corrected chi connectivity index (χ0v) is 9.29. The van der Waals surface area contributed by atoms with Crippen molar-refractivity contribution in [1.82, 2.24) is 5.43 Å². The first-order valence-electron chi connectivity index (χ1n) is 5.38. The normalized spacial score (nSPS) is 15.1. The minimum atomic E-state index is -0.420. The number of nitrogens with two attached hydrogens (primary N) is 1. The highest BCUT2D eigenvalue weighted by atomic mass is 16.5. The van der Waals surface area contributed by atoms with Gasteiger partial charge in [0.25, 0.3) is 0 Å². The van der Waals surface area contributed by atoms with Crippen LogP contribution in [0.4, 0.5) is 0 Å². The first-order chi connectivity index (χ1) is 7.70. The Balaban J connectivity index is 1.91. The summed E-state index contributed by atoms with van der Waals surface area (Å²) in [5.74, 6) is 6.27. The third-order valence-corrected chi connectivity index (χ3v) is 2.68. The van der Waals surface area contributed by atoms with E-state index in [0.717, 1.165) is 18.1 Å². The van der Waals surface area contributed by atoms with Gasteiger partial charge in [0, 0.05) is 12.2 Å². The van der Waals surface area contributed by atoms with Crippen LogP contribution in [0, 0.1) is 12.8 Å². The van der Waals surface area contributed by atoms with E-state index in [9.17, 15) is 4.79 Å². The molecule has 1 amide bonds. The number of rotatable bonds is 5. The maximum atomic E-state index is 11.2. The van der Waals surface area contributed by atoms with Crippen molar-refractivity contribution in [2.45, 2.75) is 26.4 Å². The highest BCUT2D eigenvalue weighted by Gasteiger charge is 2.21. The van der Waals surface area contributed by atoms with Crippen LogP contribution in [-0.2, 0) is 11.3 Å². The molecule has 0 unspecified atom stereocenters. The molecule has 88 valence electrons. The van der Waals surface area contributed by atoms with Gasteiger partial charge in [-0.1, -0.05) is 0 Å². The lowest BCUT2D eigenvalue weighted by Crippen LogP contribution is -2.29. The van der Waals surface area contributed by atoms with E-state index in [2.05, 4.69) is 0 Å². The van der Waals surface area contributed by atoms with Gasteiger partial charge in [0.2, 0.25) is 0 Å². The molecule has 16 heavy (non-hydrogen) atoms. The molecule has 5 heteroatoms. The van der Waals surface area contributed by atoms with Gasteiger partial charge in [0.15, 0.2) is 5.76 Å². The van der Waals surface area contributed by atoms with Crippen molar-refractivity contribution < 1.29 is 13.9 Å². The van der Waals surface area contributed by atoms with Crippen LogP contribution < -0.4 is 11.3 Å². The largest absolute Gasteiger partial charge is 0.456 e. The first kappa shape index (κ1) is 11.2. The van der Waals surface area contributed by atoms with Gasteiger partial charge in [-0.25, -0.2) is 5.84 Å². The van der Waals surface area contributed by atoms with Crippen LogP contribution in [-0.4, -0.2) is 12.5 Å². The van der Waals surface area contributed by atoms with Gasteiger partial charge in [0.1, 0.15) is 5.76 Å². The van der Waals surface area contributed by atoms with Gasteiger partial charge >= 0.3 is 5.91 Å². The van der Waals surface area contributed by atoms with E-state index in [4.69, 9.17) is 15.0 Å². The maximum Gasteiger partial charge on any atom is 0.300 e. The molecule has 0 aromatic carbocycles. The van der Waals surface area contributed by atoms with E-state index in [-0.39, 0.29) is 5.76 Å². The lowest BCUT2D eigenvalue weighted by Gasteiger charge is -2.00. The summed E-state index contributed by atoms with van der Waals surface area (Å²) in [5.41, 5.74) is 2.93. The zero-order chi connectivity index (χ0) is 11.5. The number of hydrogen-bond donors (Lipinski definition) is 2. The van der Waals surface area contributed by atoms with Gasteiger partial charge in [-0.05, 0) is 31.7 Å². The number of nitrogen functional groups attached to an aromatic ring is 1. The third kappa shape index (κ3) is 2.62. The fraction of sp³-hybridized carbons (Fsp3) is 0.545. The van der Waals surface area contributed by atoms with Crippen molar-refractivity contribution in [3.63, 3.8) is 0 Å². The zero-order valence-electron chi connectivity index (χ0n) is 9.29. The van der Waals surface area contributed by atoms with Gasteiger partial charge in [-0.2, -0.15) is 0 Å². The smallest absolute Gasteiger partial charge is 0.300 e. The van der Waals surface area contributed by atoms with Crippen molar-refractivity contribution in [1.29, 1.82) is 0 Å². The lowest BCUT2D eigenvalue weighted by molar-refractivity contribution is 0.0924. The second kappa shape index (κ2) is 4.67. The molecule has 1 saturated carbocycles. The molecule has 0 bridgehead atoms. The van der Waals surface area contributed by atoms with Crippen LogP contribution in [0.5, 0.6) is 0 Å². The summed E-state index contributed by atoms with van der Waals surface area (Å²) < 4.78 is 10.8. The molecular weight excluding hydrogens is 208 g/mol. The average Bonchev–Trinajstić information content (AvgIpc) is 3.02. The topological polar surface area (TPSA) is 77.5 Å². The summed E-state index contributed by atoms with van der Waals surface area (Å²) in [6.45, 7) is 3.09. The fourth-order valence-electron chi connectivity index (χ4n) is 1.47. The molecule has 1 fully saturated rings. The standard InChI is InChI=1S/C11H16N2O3/c1-7-9(6-15-5-8-2-3-8)4-10(16-7)11(14)13-12/h4,8H,2-3,5-6,12H2,1H3,(H,13,14). The van der Waals surface area contributed by atoms with E-state index in [1.54, 1.807) is 6.07 Å². The Bertz CT molecular complexity index is 383. The summed E-state index contributed by atoms with van der Waals surface area (Å²) >= 11 is 0. The average molecular weight is 224 g/mol. The number of ether oxygens (including phenoxy) is 1. The number of carbonyl (C=O) groups is 1. The second-order valence-corrected chi connectivity index (χ2v) is 4.12. The van der Waals surface area contributed by atoms with Gasteiger partial charge < -0.3 is 9.15 Å². The Labute approximate surface area is 93.9 Å². The van der Waals surface area contributed by atoms with Crippen LogP contribution in [0.1, 0.15) is 34.7 Å². The molecule has 1 aromatic rings. The minimum Gasteiger partial charge on any atom is -0.456 e. The van der Waals surface area contributed by atoms with Gasteiger partial charge in [-0.3, -0.25) is 10.2 Å². The highest BCUT2D eigenvalue weighted by Crippen LogP contribution is 2.29. The van der Waals surface area contributed by atoms with Crippen LogP contribution in [0.3, 0.4) is 0 Å². The van der Waals surface area contributed by atoms with E-state index < -0.39 is 5.91 Å². The number of nitrogens with one attached hydrogen (secondary N) is 1. The molecule has 1 heterocycles. The molecule has 3 N–H and O–H groups in total. The molecule has 5 nitrogen and oxygen atoms in total. The van der Waals surface area contributed by atoms with E-state index >= 15 is 0 Å². The fourth-order valence-corrected chi connectivity index (χ4v) is 1.47. The first-order valence-corrected chi connectivity index (χ1v) is 5.38. The Morgan fingerprint density at radius 2 is 2.44 bits per heavy atom. The van der Waals surface area contributed by atoms with Gasteiger partial charge in [-0.15, -0.1) is 0 Å². The molecule has 1 aromatic heterocycles. The Morgan fingerprint density at radius 3 is 3.06 bits per heavy atom. The van der Waals surface area contributed by atoms with Crippen molar-refractivity contribution in [2.24, 2.45) is 11.8 Å². The number of hydrogen-bond acceptors (Lipinski definition) is 4. The lowest BCUT2D eigenvalue weighted by atomic mass is 10.2. The second-order valence-electron chi connectivity index (χ2n) is 4.12. The van der Waals surface area contributed by atoms with Crippen molar-refractivity contribution in [2.75, 3.05) is 6.61 Å². The van der Waals surface area contributed by atoms with Crippen LogP contribution in [0.25, 0.3) is 0 Å².